The Kier molecular flexibility index (Phi) is 4.99. The Morgan fingerprint density at radius 2 is 1.79 bits per heavy atom. The van der Waals surface area contributed by atoms with E-state index in [0.29, 0.717) is 61.2 Å². The molecule has 1 unspecified atom stereocenters. The molecule has 0 bridgehead atoms. The molecule has 0 spiro atoms. The number of hydrogen-bond donors (Lipinski definition) is 0. The highest BCUT2D eigenvalue weighted by atomic mass is 16.5. The number of fused-ring (bicyclic) bond motifs is 5. The van der Waals surface area contributed by atoms with Gasteiger partial charge in [-0.3, -0.25) is 14.4 Å². The highest BCUT2D eigenvalue weighted by Crippen LogP contribution is 2.67. The first-order valence-corrected chi connectivity index (χ1v) is 11.3. The molecule has 0 aromatic heterocycles. The molecule has 0 aliphatic heterocycles. The van der Waals surface area contributed by atoms with E-state index in [-0.39, 0.29) is 28.5 Å². The minimum atomic E-state index is -0.195. The number of ketones is 2. The predicted molar refractivity (Wildman–Crippen MR) is 106 cm³/mol. The molecule has 4 rings (SSSR count). The molecule has 0 saturated heterocycles. The fourth-order valence-corrected chi connectivity index (χ4v) is 8.18. The van der Waals surface area contributed by atoms with Gasteiger partial charge < -0.3 is 4.74 Å². The van der Waals surface area contributed by atoms with Gasteiger partial charge in [-0.2, -0.15) is 0 Å². The van der Waals surface area contributed by atoms with Gasteiger partial charge in [0.2, 0.25) is 0 Å². The average molecular weight is 389 g/mol. The van der Waals surface area contributed by atoms with Crippen molar-refractivity contribution in [2.24, 2.45) is 46.3 Å². The quantitative estimate of drug-likeness (QED) is 0.663. The van der Waals surface area contributed by atoms with E-state index >= 15 is 0 Å². The summed E-state index contributed by atoms with van der Waals surface area (Å²) in [5.41, 5.74) is 0.269. The molecule has 28 heavy (non-hydrogen) atoms. The Bertz CT molecular complexity index is 684. The maximum Gasteiger partial charge on any atom is 0.302 e. The van der Waals surface area contributed by atoms with Crippen molar-refractivity contribution < 1.29 is 19.1 Å². The zero-order valence-corrected chi connectivity index (χ0v) is 18.0. The maximum atomic E-state index is 13.1. The molecule has 8 atom stereocenters. The zero-order valence-electron chi connectivity index (χ0n) is 18.0. The van der Waals surface area contributed by atoms with E-state index in [1.54, 1.807) is 0 Å². The molecule has 4 heteroatoms. The third kappa shape index (κ3) is 2.97. The number of ether oxygens (including phenoxy) is 1. The maximum absolute atomic E-state index is 13.1. The number of carbonyl (C=O) groups excluding carboxylic acids is 3. The van der Waals surface area contributed by atoms with E-state index in [2.05, 4.69) is 20.8 Å². The Labute approximate surface area is 169 Å². The van der Waals surface area contributed by atoms with Gasteiger partial charge >= 0.3 is 5.97 Å². The lowest BCUT2D eigenvalue weighted by Gasteiger charge is -2.59. The van der Waals surface area contributed by atoms with E-state index in [4.69, 9.17) is 4.74 Å². The zero-order chi connectivity index (χ0) is 20.3. The first kappa shape index (κ1) is 20.1. The van der Waals surface area contributed by atoms with Crippen LogP contribution in [0, 0.1) is 46.3 Å². The summed E-state index contributed by atoms with van der Waals surface area (Å²) in [4.78, 5) is 36.4. The summed E-state index contributed by atoms with van der Waals surface area (Å²) in [7, 11) is 0. The van der Waals surface area contributed by atoms with Crippen LogP contribution >= 0.6 is 0 Å². The van der Waals surface area contributed by atoms with Crippen LogP contribution in [0.5, 0.6) is 0 Å². The summed E-state index contributed by atoms with van der Waals surface area (Å²) in [6.45, 7) is 8.98. The third-order valence-corrected chi connectivity index (χ3v) is 9.59. The number of rotatable bonds is 3. The summed E-state index contributed by atoms with van der Waals surface area (Å²) >= 11 is 0. The van der Waals surface area contributed by atoms with E-state index in [9.17, 15) is 14.4 Å². The monoisotopic (exact) mass is 388 g/mol. The topological polar surface area (TPSA) is 60.4 Å². The molecular formula is C24H36O4. The average Bonchev–Trinajstić information content (AvgIpc) is 2.99. The van der Waals surface area contributed by atoms with Crippen LogP contribution in [-0.2, 0) is 19.1 Å². The number of esters is 1. The van der Waals surface area contributed by atoms with Crippen LogP contribution in [0.3, 0.4) is 0 Å². The third-order valence-electron chi connectivity index (χ3n) is 9.59. The summed E-state index contributed by atoms with van der Waals surface area (Å²) in [6.07, 6.45) is 7.50. The Morgan fingerprint density at radius 3 is 2.50 bits per heavy atom. The smallest absolute Gasteiger partial charge is 0.302 e. The molecular weight excluding hydrogens is 352 g/mol. The molecule has 0 N–H and O–H groups in total. The Hall–Kier alpha value is -1.19. The van der Waals surface area contributed by atoms with Gasteiger partial charge in [-0.15, -0.1) is 0 Å². The standard InChI is InChI=1S/C24H36O4/c1-14(13-28-15(2)25)18-5-6-19-17-12-22(27)21-11-16(26)7-9-24(21,4)20(17)8-10-23(18,19)3/h14,17-21H,5-13H2,1-4H3/t14?,17-,18+,19-,20-,21+,23+,24+/m0/s1. The molecule has 0 aromatic rings. The van der Waals surface area contributed by atoms with Crippen LogP contribution < -0.4 is 0 Å². The highest BCUT2D eigenvalue weighted by Gasteiger charge is 2.62. The minimum absolute atomic E-state index is 0.0245. The summed E-state index contributed by atoms with van der Waals surface area (Å²) in [5, 5.41) is 0. The summed E-state index contributed by atoms with van der Waals surface area (Å²) in [5.74, 6) is 3.01. The van der Waals surface area contributed by atoms with Gasteiger partial charge in [-0.25, -0.2) is 0 Å². The van der Waals surface area contributed by atoms with Crippen LogP contribution in [0.2, 0.25) is 0 Å². The lowest BCUT2D eigenvalue weighted by Crippen LogP contribution is -2.56. The minimum Gasteiger partial charge on any atom is -0.466 e. The van der Waals surface area contributed by atoms with Crippen LogP contribution in [-0.4, -0.2) is 24.1 Å². The van der Waals surface area contributed by atoms with Crippen molar-refractivity contribution >= 4 is 17.5 Å². The van der Waals surface area contributed by atoms with Gasteiger partial charge in [0.15, 0.2) is 0 Å². The molecule has 4 nitrogen and oxygen atoms in total. The first-order valence-electron chi connectivity index (χ1n) is 11.3. The molecule has 4 fully saturated rings. The molecule has 0 radical (unpaired) electrons. The predicted octanol–water partition coefficient (Wildman–Crippen LogP) is 4.59. The van der Waals surface area contributed by atoms with Crippen molar-refractivity contribution in [1.29, 1.82) is 0 Å². The lowest BCUT2D eigenvalue weighted by molar-refractivity contribution is -0.159. The second-order valence-electron chi connectivity index (χ2n) is 10.9. The van der Waals surface area contributed by atoms with Gasteiger partial charge in [0.1, 0.15) is 11.6 Å². The second-order valence-corrected chi connectivity index (χ2v) is 10.9. The van der Waals surface area contributed by atoms with Gasteiger partial charge in [0.05, 0.1) is 6.61 Å². The van der Waals surface area contributed by atoms with Gasteiger partial charge in [0, 0.05) is 32.1 Å². The van der Waals surface area contributed by atoms with Crippen LogP contribution in [0.25, 0.3) is 0 Å². The molecule has 156 valence electrons. The van der Waals surface area contributed by atoms with Crippen molar-refractivity contribution in [3.05, 3.63) is 0 Å². The first-order chi connectivity index (χ1) is 13.2. The van der Waals surface area contributed by atoms with Crippen LogP contribution in [0.1, 0.15) is 79.1 Å². The number of hydrogen-bond acceptors (Lipinski definition) is 4. The van der Waals surface area contributed by atoms with Gasteiger partial charge in [0.25, 0.3) is 0 Å². The Balaban J connectivity index is 1.56. The van der Waals surface area contributed by atoms with Crippen LogP contribution in [0.15, 0.2) is 0 Å². The van der Waals surface area contributed by atoms with E-state index in [1.807, 2.05) is 0 Å². The molecule has 0 aromatic carbocycles. The van der Waals surface area contributed by atoms with E-state index < -0.39 is 0 Å². The van der Waals surface area contributed by atoms with Crippen molar-refractivity contribution in [3.63, 3.8) is 0 Å². The van der Waals surface area contributed by atoms with Gasteiger partial charge in [-0.1, -0.05) is 20.8 Å². The fourth-order valence-electron chi connectivity index (χ4n) is 8.18. The van der Waals surface area contributed by atoms with Crippen LogP contribution in [0.4, 0.5) is 0 Å². The van der Waals surface area contributed by atoms with Crippen molar-refractivity contribution in [2.75, 3.05) is 6.61 Å². The van der Waals surface area contributed by atoms with E-state index in [0.717, 1.165) is 6.42 Å². The summed E-state index contributed by atoms with van der Waals surface area (Å²) < 4.78 is 5.34. The number of carbonyl (C=O) groups is 3. The number of Topliss-reactive ketones (excluding diaryl/α,β-unsaturated/α-hetero) is 2. The molecule has 0 heterocycles. The normalized spacial score (nSPS) is 46.4. The largest absolute Gasteiger partial charge is 0.466 e. The molecule has 0 amide bonds. The van der Waals surface area contributed by atoms with Crippen molar-refractivity contribution in [3.8, 4) is 0 Å². The summed E-state index contributed by atoms with van der Waals surface area (Å²) in [6, 6.07) is 0. The lowest BCUT2D eigenvalue weighted by atomic mass is 9.44. The van der Waals surface area contributed by atoms with Gasteiger partial charge in [-0.05, 0) is 72.5 Å². The molecule has 4 aliphatic rings. The SMILES string of the molecule is CC(=O)OCC(C)[C@H]1CC[C@H]2[C@@H]3CC(=O)[C@H]4CC(=O)CC[C@]4(C)[C@H]3CC[C@]12C. The second kappa shape index (κ2) is 6.95. The molecule has 4 saturated carbocycles. The highest BCUT2D eigenvalue weighted by molar-refractivity contribution is 5.90. The van der Waals surface area contributed by atoms with E-state index in [1.165, 1.54) is 32.6 Å². The fraction of sp³-hybridized carbons (Fsp3) is 0.875. The van der Waals surface area contributed by atoms with Crippen molar-refractivity contribution in [2.45, 2.75) is 79.1 Å². The van der Waals surface area contributed by atoms with Crippen molar-refractivity contribution in [1.82, 2.24) is 0 Å². The Morgan fingerprint density at radius 1 is 1.07 bits per heavy atom. The molecule has 4 aliphatic carbocycles.